The Balaban J connectivity index is 2.36. The lowest BCUT2D eigenvalue weighted by molar-refractivity contribution is 0.0549. The highest BCUT2D eigenvalue weighted by atomic mass is 35.5. The first kappa shape index (κ1) is 14.0. The topological polar surface area (TPSA) is 50.9 Å². The average molecular weight is 284 g/mol. The number of nitrogens with zero attached hydrogens (tertiary/aromatic N) is 3. The first-order valence-corrected chi connectivity index (χ1v) is 6.20. The fraction of sp³-hybridized carbons (Fsp3) is 0.385. The molecule has 1 N–H and O–H groups in total. The van der Waals surface area contributed by atoms with Crippen LogP contribution < -0.4 is 0 Å². The molecule has 0 spiro atoms. The highest BCUT2D eigenvalue weighted by Gasteiger charge is 2.28. The summed E-state index contributed by atoms with van der Waals surface area (Å²) in [4.78, 5) is 3.75. The molecule has 0 aliphatic carbocycles. The summed E-state index contributed by atoms with van der Waals surface area (Å²) in [6, 6.07) is 1.27. The minimum atomic E-state index is -1.26. The summed E-state index contributed by atoms with van der Waals surface area (Å²) in [5, 5.41) is 15.2. The predicted octanol–water partition coefficient (Wildman–Crippen LogP) is 2.37. The number of rotatable bonds is 3. The van der Waals surface area contributed by atoms with Crippen molar-refractivity contribution >= 4 is 11.6 Å². The van der Waals surface area contributed by atoms with Crippen molar-refractivity contribution in [2.24, 2.45) is 7.05 Å². The Bertz CT molecular complexity index is 610. The second kappa shape index (κ2) is 4.90. The van der Waals surface area contributed by atoms with E-state index >= 15 is 0 Å². The van der Waals surface area contributed by atoms with Crippen molar-refractivity contribution in [3.63, 3.8) is 0 Å². The van der Waals surface area contributed by atoms with Crippen molar-refractivity contribution in [3.8, 4) is 0 Å². The Labute approximate surface area is 115 Å². The number of aliphatic hydroxyl groups is 1. The fourth-order valence-electron chi connectivity index (χ4n) is 2.01. The van der Waals surface area contributed by atoms with Crippen LogP contribution in [0.15, 0.2) is 18.5 Å². The van der Waals surface area contributed by atoms with E-state index in [9.17, 15) is 9.50 Å². The van der Waals surface area contributed by atoms with E-state index in [0.717, 1.165) is 6.20 Å². The van der Waals surface area contributed by atoms with Crippen LogP contribution in [0.3, 0.4) is 0 Å². The summed E-state index contributed by atoms with van der Waals surface area (Å²) in [6.07, 6.45) is 2.77. The largest absolute Gasteiger partial charge is 0.385 e. The van der Waals surface area contributed by atoms with Gasteiger partial charge in [0.25, 0.3) is 0 Å². The van der Waals surface area contributed by atoms with Crippen LogP contribution >= 0.6 is 11.6 Å². The van der Waals surface area contributed by atoms with E-state index in [-0.39, 0.29) is 6.42 Å². The summed E-state index contributed by atoms with van der Waals surface area (Å²) in [5.41, 5.74) is 0.544. The zero-order valence-electron chi connectivity index (χ0n) is 11.0. The zero-order chi connectivity index (χ0) is 14.2. The highest BCUT2D eigenvalue weighted by molar-refractivity contribution is 6.31. The van der Waals surface area contributed by atoms with Gasteiger partial charge in [0.15, 0.2) is 0 Å². The van der Waals surface area contributed by atoms with Crippen molar-refractivity contribution in [1.29, 1.82) is 0 Å². The molecule has 0 saturated carbocycles. The van der Waals surface area contributed by atoms with Gasteiger partial charge in [0, 0.05) is 25.2 Å². The molecule has 0 saturated heterocycles. The van der Waals surface area contributed by atoms with Gasteiger partial charge in [-0.3, -0.25) is 9.67 Å². The molecule has 6 heteroatoms. The lowest BCUT2D eigenvalue weighted by Crippen LogP contribution is -2.26. The average Bonchev–Trinajstić information content (AvgIpc) is 2.56. The molecule has 2 aromatic rings. The van der Waals surface area contributed by atoms with Crippen LogP contribution in [0.25, 0.3) is 0 Å². The van der Waals surface area contributed by atoms with Crippen molar-refractivity contribution in [1.82, 2.24) is 14.8 Å². The minimum Gasteiger partial charge on any atom is -0.385 e. The highest BCUT2D eigenvalue weighted by Crippen LogP contribution is 2.29. The SMILES string of the molecule is Cc1nn(C)c(CC(C)(O)c2cncc(F)c2)c1Cl. The quantitative estimate of drug-likeness (QED) is 0.941. The normalized spacial score (nSPS) is 14.4. The molecule has 2 rings (SSSR count). The van der Waals surface area contributed by atoms with Crippen molar-refractivity contribution in [2.45, 2.75) is 25.9 Å². The van der Waals surface area contributed by atoms with Gasteiger partial charge in [0.2, 0.25) is 0 Å². The van der Waals surface area contributed by atoms with E-state index in [1.54, 1.807) is 25.6 Å². The Morgan fingerprint density at radius 3 is 2.68 bits per heavy atom. The molecular formula is C13H15ClFN3O. The number of hydrogen-bond acceptors (Lipinski definition) is 3. The lowest BCUT2D eigenvalue weighted by atomic mass is 9.92. The van der Waals surface area contributed by atoms with Gasteiger partial charge in [0.05, 0.1) is 28.2 Å². The molecule has 0 aliphatic rings. The first-order valence-electron chi connectivity index (χ1n) is 5.82. The molecule has 1 unspecified atom stereocenters. The van der Waals surface area contributed by atoms with Gasteiger partial charge in [-0.15, -0.1) is 0 Å². The van der Waals surface area contributed by atoms with E-state index < -0.39 is 11.4 Å². The van der Waals surface area contributed by atoms with E-state index in [2.05, 4.69) is 10.1 Å². The molecular weight excluding hydrogens is 269 g/mol. The second-order valence-corrected chi connectivity index (χ2v) is 5.19. The number of aromatic nitrogens is 3. The minimum absolute atomic E-state index is 0.230. The van der Waals surface area contributed by atoms with Gasteiger partial charge in [-0.05, 0) is 19.9 Å². The van der Waals surface area contributed by atoms with Crippen molar-refractivity contribution in [3.05, 3.63) is 46.3 Å². The molecule has 0 bridgehead atoms. The molecule has 0 aromatic carbocycles. The standard InChI is InChI=1S/C13H15ClFN3O/c1-8-12(14)11(18(3)17-8)5-13(2,19)9-4-10(15)7-16-6-9/h4,6-7,19H,5H2,1-3H3. The number of halogens is 2. The molecule has 0 fully saturated rings. The van der Waals surface area contributed by atoms with E-state index in [0.29, 0.717) is 22.0 Å². The zero-order valence-corrected chi connectivity index (χ0v) is 11.7. The monoisotopic (exact) mass is 283 g/mol. The van der Waals surface area contributed by atoms with E-state index in [1.165, 1.54) is 12.3 Å². The molecule has 102 valence electrons. The first-order chi connectivity index (χ1) is 8.81. The van der Waals surface area contributed by atoms with Crippen LogP contribution in [-0.4, -0.2) is 19.9 Å². The van der Waals surface area contributed by atoms with Gasteiger partial charge in [-0.25, -0.2) is 4.39 Å². The van der Waals surface area contributed by atoms with Crippen LogP contribution in [0, 0.1) is 12.7 Å². The van der Waals surface area contributed by atoms with Crippen LogP contribution in [0.1, 0.15) is 23.9 Å². The summed E-state index contributed by atoms with van der Waals surface area (Å²) in [6.45, 7) is 3.40. The number of hydrogen-bond donors (Lipinski definition) is 1. The maximum Gasteiger partial charge on any atom is 0.141 e. The Morgan fingerprint density at radius 1 is 1.47 bits per heavy atom. The molecule has 1 atom stereocenters. The van der Waals surface area contributed by atoms with E-state index in [4.69, 9.17) is 11.6 Å². The van der Waals surface area contributed by atoms with Crippen molar-refractivity contribution < 1.29 is 9.50 Å². The van der Waals surface area contributed by atoms with Gasteiger partial charge in [-0.1, -0.05) is 11.6 Å². The third kappa shape index (κ3) is 2.77. The van der Waals surface area contributed by atoms with Crippen LogP contribution in [0.4, 0.5) is 4.39 Å². The molecule has 0 radical (unpaired) electrons. The molecule has 0 aliphatic heterocycles. The molecule has 0 amide bonds. The maximum absolute atomic E-state index is 13.2. The summed E-state index contributed by atoms with van der Waals surface area (Å²) in [5.74, 6) is -0.481. The van der Waals surface area contributed by atoms with Gasteiger partial charge < -0.3 is 5.11 Å². The van der Waals surface area contributed by atoms with Gasteiger partial charge >= 0.3 is 0 Å². The fourth-order valence-corrected chi connectivity index (χ4v) is 2.23. The van der Waals surface area contributed by atoms with E-state index in [1.807, 2.05) is 0 Å². The third-order valence-corrected chi connectivity index (χ3v) is 3.59. The number of aryl methyl sites for hydroxylation is 2. The maximum atomic E-state index is 13.2. The van der Waals surface area contributed by atoms with Gasteiger partial charge in [0.1, 0.15) is 5.82 Å². The van der Waals surface area contributed by atoms with Crippen LogP contribution in [0.2, 0.25) is 5.02 Å². The van der Waals surface area contributed by atoms with Crippen LogP contribution in [-0.2, 0) is 19.1 Å². The Morgan fingerprint density at radius 2 is 2.16 bits per heavy atom. The molecule has 4 nitrogen and oxygen atoms in total. The second-order valence-electron chi connectivity index (χ2n) is 4.81. The Hall–Kier alpha value is -1.46. The van der Waals surface area contributed by atoms with Gasteiger partial charge in [-0.2, -0.15) is 5.10 Å². The molecule has 19 heavy (non-hydrogen) atoms. The predicted molar refractivity (Wildman–Crippen MR) is 70.4 cm³/mol. The summed E-state index contributed by atoms with van der Waals surface area (Å²) in [7, 11) is 1.76. The summed E-state index contributed by atoms with van der Waals surface area (Å²) < 4.78 is 14.8. The molecule has 2 aromatic heterocycles. The van der Waals surface area contributed by atoms with Crippen molar-refractivity contribution in [2.75, 3.05) is 0 Å². The van der Waals surface area contributed by atoms with Crippen LogP contribution in [0.5, 0.6) is 0 Å². The Kier molecular flexibility index (Phi) is 3.60. The lowest BCUT2D eigenvalue weighted by Gasteiger charge is -2.23. The smallest absolute Gasteiger partial charge is 0.141 e. The summed E-state index contributed by atoms with van der Waals surface area (Å²) >= 11 is 6.15. The number of pyridine rings is 1. The third-order valence-electron chi connectivity index (χ3n) is 3.10. The molecule has 2 heterocycles.